The number of ether oxygens (including phenoxy) is 1. The first-order chi connectivity index (χ1) is 8.92. The van der Waals surface area contributed by atoms with E-state index in [9.17, 15) is 0 Å². The Morgan fingerprint density at radius 2 is 1.95 bits per heavy atom. The van der Waals surface area contributed by atoms with E-state index in [-0.39, 0.29) is 6.04 Å². The number of nitriles is 1. The molecular formula is C16H24N2O. The fourth-order valence-corrected chi connectivity index (χ4v) is 2.27. The molecule has 104 valence electrons. The van der Waals surface area contributed by atoms with Crippen LogP contribution in [0.3, 0.4) is 0 Å². The van der Waals surface area contributed by atoms with Gasteiger partial charge in [0.1, 0.15) is 5.75 Å². The van der Waals surface area contributed by atoms with Crippen LogP contribution in [0.25, 0.3) is 0 Å². The molecule has 0 spiro atoms. The van der Waals surface area contributed by atoms with Gasteiger partial charge in [-0.05, 0) is 63.4 Å². The maximum Gasteiger partial charge on any atom is 0.125 e. The van der Waals surface area contributed by atoms with Crippen molar-refractivity contribution < 1.29 is 4.74 Å². The van der Waals surface area contributed by atoms with Crippen LogP contribution in [-0.2, 0) is 6.42 Å². The van der Waals surface area contributed by atoms with E-state index in [1.807, 2.05) is 14.0 Å². The Bertz CT molecular complexity index is 489. The van der Waals surface area contributed by atoms with Crippen molar-refractivity contribution in [1.29, 1.82) is 5.26 Å². The molecule has 1 aromatic carbocycles. The largest absolute Gasteiger partial charge is 0.496 e. The van der Waals surface area contributed by atoms with Crippen LogP contribution in [0.1, 0.15) is 29.2 Å². The summed E-state index contributed by atoms with van der Waals surface area (Å²) in [6, 6.07) is 4.41. The summed E-state index contributed by atoms with van der Waals surface area (Å²) in [5.74, 6) is 0.996. The molecule has 1 unspecified atom stereocenters. The number of benzene rings is 1. The Balaban J connectivity index is 2.96. The van der Waals surface area contributed by atoms with Gasteiger partial charge >= 0.3 is 0 Å². The molecule has 1 aromatic rings. The summed E-state index contributed by atoms with van der Waals surface area (Å²) >= 11 is 0. The number of likely N-dealkylation sites (N-methyl/N-ethyl adjacent to an activating group) is 1. The molecule has 0 radical (unpaired) electrons. The minimum Gasteiger partial charge on any atom is -0.496 e. The Hall–Kier alpha value is -1.53. The van der Waals surface area contributed by atoms with Crippen LogP contribution < -0.4 is 4.74 Å². The lowest BCUT2D eigenvalue weighted by molar-refractivity contribution is 0.304. The Morgan fingerprint density at radius 1 is 1.32 bits per heavy atom. The molecule has 1 atom stereocenters. The van der Waals surface area contributed by atoms with E-state index in [0.29, 0.717) is 0 Å². The summed E-state index contributed by atoms with van der Waals surface area (Å²) in [6.07, 6.45) is 0.901. The fourth-order valence-electron chi connectivity index (χ4n) is 2.27. The predicted molar refractivity (Wildman–Crippen MR) is 78.6 cm³/mol. The Labute approximate surface area is 116 Å². The second kappa shape index (κ2) is 6.58. The van der Waals surface area contributed by atoms with Crippen molar-refractivity contribution in [3.63, 3.8) is 0 Å². The van der Waals surface area contributed by atoms with E-state index in [2.05, 4.69) is 37.8 Å². The van der Waals surface area contributed by atoms with Gasteiger partial charge in [0.05, 0.1) is 19.2 Å². The van der Waals surface area contributed by atoms with Crippen molar-refractivity contribution >= 4 is 0 Å². The van der Waals surface area contributed by atoms with Gasteiger partial charge in [-0.25, -0.2) is 0 Å². The van der Waals surface area contributed by atoms with Crippen molar-refractivity contribution in [1.82, 2.24) is 4.90 Å². The van der Waals surface area contributed by atoms with Crippen LogP contribution in [0, 0.1) is 32.1 Å². The van der Waals surface area contributed by atoms with Gasteiger partial charge in [0.2, 0.25) is 0 Å². The van der Waals surface area contributed by atoms with Crippen LogP contribution in [0.2, 0.25) is 0 Å². The lowest BCUT2D eigenvalue weighted by atomic mass is 9.96. The first-order valence-electron chi connectivity index (χ1n) is 6.65. The topological polar surface area (TPSA) is 36.3 Å². The standard InChI is InChI=1S/C16H24N2O/c1-11-9-12(2)15(16(19-6)14(11)4)7-8-18(5)13(3)10-17/h9,13H,7-8H2,1-6H3. The minimum absolute atomic E-state index is 0.0575. The van der Waals surface area contributed by atoms with Gasteiger partial charge in [-0.2, -0.15) is 5.26 Å². The molecule has 1 rings (SSSR count). The first-order valence-corrected chi connectivity index (χ1v) is 6.65. The van der Waals surface area contributed by atoms with Gasteiger partial charge in [0.25, 0.3) is 0 Å². The van der Waals surface area contributed by atoms with E-state index >= 15 is 0 Å². The third kappa shape index (κ3) is 3.48. The second-order valence-electron chi connectivity index (χ2n) is 5.18. The highest BCUT2D eigenvalue weighted by Gasteiger charge is 2.14. The number of hydrogen-bond acceptors (Lipinski definition) is 3. The van der Waals surface area contributed by atoms with E-state index in [1.54, 1.807) is 7.11 Å². The van der Waals surface area contributed by atoms with Crippen molar-refractivity contribution in [2.24, 2.45) is 0 Å². The average Bonchev–Trinajstić information content (AvgIpc) is 2.39. The zero-order chi connectivity index (χ0) is 14.6. The molecule has 0 amide bonds. The van der Waals surface area contributed by atoms with Gasteiger partial charge in [0, 0.05) is 6.54 Å². The van der Waals surface area contributed by atoms with Crippen LogP contribution >= 0.6 is 0 Å². The fraction of sp³-hybridized carbons (Fsp3) is 0.562. The SMILES string of the molecule is COc1c(C)c(C)cc(C)c1CCN(C)C(C)C#N. The van der Waals surface area contributed by atoms with Crippen LogP contribution in [0.5, 0.6) is 5.75 Å². The Morgan fingerprint density at radius 3 is 2.47 bits per heavy atom. The molecule has 0 fully saturated rings. The predicted octanol–water partition coefficient (Wildman–Crippen LogP) is 3.01. The third-order valence-corrected chi connectivity index (χ3v) is 3.88. The molecular weight excluding hydrogens is 236 g/mol. The van der Waals surface area contributed by atoms with Gasteiger partial charge in [-0.3, -0.25) is 4.90 Å². The summed E-state index contributed by atoms with van der Waals surface area (Å²) in [4.78, 5) is 2.06. The molecule has 0 aliphatic rings. The first kappa shape index (κ1) is 15.5. The molecule has 0 saturated heterocycles. The van der Waals surface area contributed by atoms with Gasteiger partial charge in [0.15, 0.2) is 0 Å². The van der Waals surface area contributed by atoms with Crippen molar-refractivity contribution in [3.8, 4) is 11.8 Å². The zero-order valence-electron chi connectivity index (χ0n) is 12.9. The summed E-state index contributed by atoms with van der Waals surface area (Å²) in [7, 11) is 3.71. The molecule has 0 aliphatic carbocycles. The van der Waals surface area contributed by atoms with Gasteiger partial charge in [-0.15, -0.1) is 0 Å². The molecule has 0 aliphatic heterocycles. The summed E-state index contributed by atoms with van der Waals surface area (Å²) in [5, 5.41) is 8.92. The van der Waals surface area contributed by atoms with Crippen LogP contribution in [0.15, 0.2) is 6.07 Å². The van der Waals surface area contributed by atoms with E-state index in [4.69, 9.17) is 10.00 Å². The summed E-state index contributed by atoms with van der Waals surface area (Å²) < 4.78 is 5.57. The molecule has 3 heteroatoms. The summed E-state index contributed by atoms with van der Waals surface area (Å²) in [5.41, 5.74) is 4.98. The number of hydrogen-bond donors (Lipinski definition) is 0. The van der Waals surface area contributed by atoms with E-state index < -0.39 is 0 Å². The second-order valence-corrected chi connectivity index (χ2v) is 5.18. The molecule has 3 nitrogen and oxygen atoms in total. The van der Waals surface area contributed by atoms with Crippen LogP contribution in [0.4, 0.5) is 0 Å². The van der Waals surface area contributed by atoms with E-state index in [1.165, 1.54) is 22.3 Å². The molecule has 0 heterocycles. The molecule has 19 heavy (non-hydrogen) atoms. The third-order valence-electron chi connectivity index (χ3n) is 3.88. The smallest absolute Gasteiger partial charge is 0.125 e. The lowest BCUT2D eigenvalue weighted by Gasteiger charge is -2.21. The van der Waals surface area contributed by atoms with Crippen LogP contribution in [-0.4, -0.2) is 31.6 Å². The normalized spacial score (nSPS) is 12.3. The van der Waals surface area contributed by atoms with Gasteiger partial charge < -0.3 is 4.74 Å². The molecule has 0 N–H and O–H groups in total. The number of rotatable bonds is 5. The van der Waals surface area contributed by atoms with Crippen molar-refractivity contribution in [2.45, 2.75) is 40.2 Å². The lowest BCUT2D eigenvalue weighted by Crippen LogP contribution is -2.29. The Kier molecular flexibility index (Phi) is 5.38. The number of aryl methyl sites for hydroxylation is 2. The monoisotopic (exact) mass is 260 g/mol. The number of methoxy groups -OCH3 is 1. The van der Waals surface area contributed by atoms with E-state index in [0.717, 1.165) is 18.7 Å². The zero-order valence-corrected chi connectivity index (χ0v) is 12.9. The quantitative estimate of drug-likeness (QED) is 0.816. The van der Waals surface area contributed by atoms with Crippen molar-refractivity contribution in [2.75, 3.05) is 20.7 Å². The maximum absolute atomic E-state index is 8.92. The van der Waals surface area contributed by atoms with Crippen molar-refractivity contribution in [3.05, 3.63) is 28.3 Å². The molecule has 0 bridgehead atoms. The maximum atomic E-state index is 8.92. The highest BCUT2D eigenvalue weighted by atomic mass is 16.5. The average molecular weight is 260 g/mol. The highest BCUT2D eigenvalue weighted by Crippen LogP contribution is 2.29. The summed E-state index contributed by atoms with van der Waals surface area (Å²) in [6.45, 7) is 9.11. The molecule has 0 saturated carbocycles. The highest BCUT2D eigenvalue weighted by molar-refractivity contribution is 5.49. The van der Waals surface area contributed by atoms with Gasteiger partial charge in [-0.1, -0.05) is 6.07 Å². The molecule has 0 aromatic heterocycles. The minimum atomic E-state index is -0.0575. The number of nitrogens with zero attached hydrogens (tertiary/aromatic N) is 2.